The van der Waals surface area contributed by atoms with Crippen molar-refractivity contribution in [3.05, 3.63) is 63.5 Å². The molecule has 0 atom stereocenters. The third-order valence-corrected chi connectivity index (χ3v) is 5.88. The van der Waals surface area contributed by atoms with Gasteiger partial charge < -0.3 is 10.6 Å². The van der Waals surface area contributed by atoms with Crippen molar-refractivity contribution < 1.29 is 14.0 Å². The van der Waals surface area contributed by atoms with Crippen molar-refractivity contribution in [1.29, 1.82) is 0 Å². The Morgan fingerprint density at radius 3 is 2.59 bits per heavy atom. The zero-order chi connectivity index (χ0) is 20.9. The molecule has 0 radical (unpaired) electrons. The highest BCUT2D eigenvalue weighted by atomic mass is 19.1. The van der Waals surface area contributed by atoms with Crippen LogP contribution in [0.4, 0.5) is 4.39 Å². The normalized spacial score (nSPS) is 14.4. The number of benzene rings is 2. The lowest BCUT2D eigenvalue weighted by molar-refractivity contribution is -0.125. The van der Waals surface area contributed by atoms with Crippen LogP contribution in [0.2, 0.25) is 0 Å². The molecule has 29 heavy (non-hydrogen) atoms. The number of allylic oxidation sites excluding steroid dienone is 2. The average molecular weight is 388 g/mol. The van der Waals surface area contributed by atoms with E-state index in [0.29, 0.717) is 25.1 Å². The molecular weight excluding hydrogens is 367 g/mol. The van der Waals surface area contributed by atoms with Crippen LogP contribution < -0.4 is 5.73 Å². The first kappa shape index (κ1) is 18.9. The molecule has 0 spiro atoms. The van der Waals surface area contributed by atoms with Crippen LogP contribution in [-0.2, 0) is 24.3 Å². The van der Waals surface area contributed by atoms with E-state index in [1.54, 1.807) is 11.8 Å². The van der Waals surface area contributed by atoms with Gasteiger partial charge in [0.15, 0.2) is 0 Å². The second-order valence-electron chi connectivity index (χ2n) is 7.56. The molecule has 0 fully saturated rings. The smallest absolute Gasteiger partial charge is 0.299 e. The molecule has 146 valence electrons. The monoisotopic (exact) mass is 388 g/mol. The van der Waals surface area contributed by atoms with Crippen LogP contribution >= 0.6 is 0 Å². The van der Waals surface area contributed by atoms with E-state index in [1.807, 2.05) is 32.0 Å². The van der Waals surface area contributed by atoms with Gasteiger partial charge in [0.2, 0.25) is 5.91 Å². The summed E-state index contributed by atoms with van der Waals surface area (Å²) in [5, 5.41) is 0. The van der Waals surface area contributed by atoms with E-state index in [2.05, 4.69) is 11.8 Å². The Balaban J connectivity index is 1.93. The molecule has 4 nitrogen and oxygen atoms in total. The van der Waals surface area contributed by atoms with Crippen molar-refractivity contribution in [2.75, 3.05) is 0 Å². The molecule has 2 N–H and O–H groups in total. The van der Waals surface area contributed by atoms with E-state index in [9.17, 15) is 9.59 Å². The number of carbonyl (C=O) groups is 2. The van der Waals surface area contributed by atoms with E-state index in [4.69, 9.17) is 5.73 Å². The number of carbonyl (C=O) groups excluding carboxylic acids is 2. The molecular formula is C24H21FN2O2. The molecule has 2 amide bonds. The Morgan fingerprint density at radius 1 is 1.14 bits per heavy atom. The van der Waals surface area contributed by atoms with Crippen molar-refractivity contribution in [3.8, 4) is 23.0 Å². The maximum absolute atomic E-state index is 15.4. The van der Waals surface area contributed by atoms with Gasteiger partial charge in [0.05, 0.1) is 0 Å². The second-order valence-corrected chi connectivity index (χ2v) is 7.56. The van der Waals surface area contributed by atoms with Gasteiger partial charge in [-0.25, -0.2) is 4.39 Å². The van der Waals surface area contributed by atoms with Crippen molar-refractivity contribution >= 4 is 17.4 Å². The van der Waals surface area contributed by atoms with Crippen LogP contribution in [0.3, 0.4) is 0 Å². The Labute approximate surface area is 169 Å². The number of halogens is 1. The summed E-state index contributed by atoms with van der Waals surface area (Å²) < 4.78 is 15.4. The van der Waals surface area contributed by atoms with Gasteiger partial charge in [0.25, 0.3) is 5.91 Å². The van der Waals surface area contributed by atoms with Gasteiger partial charge in [-0.2, -0.15) is 0 Å². The quantitative estimate of drug-likeness (QED) is 0.796. The fourth-order valence-corrected chi connectivity index (χ4v) is 4.37. The SMILES string of the molecule is CC#CC(=O)N1Cc2cccc(-c3c(F)cc(C(N)=O)c4c3C(C)=C(C)C4)c2C1. The maximum Gasteiger partial charge on any atom is 0.299 e. The van der Waals surface area contributed by atoms with E-state index < -0.39 is 11.7 Å². The third-order valence-electron chi connectivity index (χ3n) is 5.88. The summed E-state index contributed by atoms with van der Waals surface area (Å²) in [6.45, 7) is 6.40. The minimum atomic E-state index is -0.623. The molecule has 2 aromatic carbocycles. The molecule has 1 aliphatic carbocycles. The van der Waals surface area contributed by atoms with Gasteiger partial charge in [0.1, 0.15) is 5.82 Å². The van der Waals surface area contributed by atoms with Crippen LogP contribution in [0.15, 0.2) is 29.8 Å². The first-order valence-corrected chi connectivity index (χ1v) is 9.48. The summed E-state index contributed by atoms with van der Waals surface area (Å²) in [5.41, 5.74) is 12.5. The minimum absolute atomic E-state index is 0.236. The molecule has 1 heterocycles. The van der Waals surface area contributed by atoms with Crippen LogP contribution in [0.5, 0.6) is 0 Å². The van der Waals surface area contributed by atoms with Crippen molar-refractivity contribution in [3.63, 3.8) is 0 Å². The van der Waals surface area contributed by atoms with Crippen LogP contribution in [-0.4, -0.2) is 16.7 Å². The zero-order valence-electron chi connectivity index (χ0n) is 16.6. The van der Waals surface area contributed by atoms with Crippen LogP contribution in [0, 0.1) is 17.7 Å². The van der Waals surface area contributed by atoms with Gasteiger partial charge in [-0.15, -0.1) is 0 Å². The maximum atomic E-state index is 15.4. The Morgan fingerprint density at radius 2 is 1.90 bits per heavy atom. The lowest BCUT2D eigenvalue weighted by atomic mass is 9.87. The summed E-state index contributed by atoms with van der Waals surface area (Å²) in [6.07, 6.45) is 0.582. The summed E-state index contributed by atoms with van der Waals surface area (Å²) in [6, 6.07) is 6.96. The van der Waals surface area contributed by atoms with Crippen molar-refractivity contribution in [2.45, 2.75) is 40.3 Å². The highest BCUT2D eigenvalue weighted by molar-refractivity contribution is 6.00. The first-order chi connectivity index (χ1) is 13.8. The highest BCUT2D eigenvalue weighted by Crippen LogP contribution is 2.44. The molecule has 0 aromatic heterocycles. The summed E-state index contributed by atoms with van der Waals surface area (Å²) in [7, 11) is 0. The molecule has 4 rings (SSSR count). The van der Waals surface area contributed by atoms with Crippen molar-refractivity contribution in [2.24, 2.45) is 5.73 Å². The molecule has 2 aromatic rings. The van der Waals surface area contributed by atoms with E-state index in [0.717, 1.165) is 39.0 Å². The third kappa shape index (κ3) is 2.92. The predicted molar refractivity (Wildman–Crippen MR) is 110 cm³/mol. The largest absolute Gasteiger partial charge is 0.366 e. The minimum Gasteiger partial charge on any atom is -0.366 e. The molecule has 0 unspecified atom stereocenters. The lowest BCUT2D eigenvalue weighted by Gasteiger charge is -2.17. The number of primary amides is 1. The molecule has 0 saturated heterocycles. The summed E-state index contributed by atoms with van der Waals surface area (Å²) in [5.74, 6) is 3.87. The van der Waals surface area contributed by atoms with Crippen LogP contribution in [0.25, 0.3) is 16.7 Å². The van der Waals surface area contributed by atoms with Crippen molar-refractivity contribution in [1.82, 2.24) is 4.90 Å². The number of hydrogen-bond donors (Lipinski definition) is 1. The number of nitrogens with zero attached hydrogens (tertiary/aromatic N) is 1. The average Bonchev–Trinajstić information content (AvgIpc) is 3.24. The molecule has 0 bridgehead atoms. The standard InChI is InChI=1S/C24H21FN2O2/c1-4-6-21(28)27-11-15-7-5-8-16(19(15)12-27)23-20(25)10-18(24(26)29)17-9-13(2)14(3)22(17)23/h5,7-8,10H,9,11-12H2,1-3H3,(H2,26,29). The number of hydrogen-bond acceptors (Lipinski definition) is 2. The summed E-state index contributed by atoms with van der Waals surface area (Å²) in [4.78, 5) is 25.8. The van der Waals surface area contributed by atoms with E-state index >= 15 is 4.39 Å². The number of fused-ring (bicyclic) bond motifs is 2. The number of nitrogens with two attached hydrogens (primary N) is 1. The number of amides is 2. The predicted octanol–water partition coefficient (Wildman–Crippen LogP) is 3.81. The fourth-order valence-electron chi connectivity index (χ4n) is 4.37. The van der Waals surface area contributed by atoms with Gasteiger partial charge in [-0.1, -0.05) is 29.7 Å². The second kappa shape index (κ2) is 6.89. The zero-order valence-corrected chi connectivity index (χ0v) is 16.6. The van der Waals surface area contributed by atoms with E-state index in [1.165, 1.54) is 6.07 Å². The molecule has 5 heteroatoms. The van der Waals surface area contributed by atoms with Crippen LogP contribution in [0.1, 0.15) is 53.4 Å². The first-order valence-electron chi connectivity index (χ1n) is 9.48. The molecule has 1 aliphatic heterocycles. The van der Waals surface area contributed by atoms with Gasteiger partial charge in [-0.05, 0) is 72.6 Å². The van der Waals surface area contributed by atoms with Gasteiger partial charge in [-0.3, -0.25) is 9.59 Å². The fraction of sp³-hybridized carbons (Fsp3) is 0.250. The Bertz CT molecular complexity index is 1180. The number of rotatable bonds is 2. The topological polar surface area (TPSA) is 63.4 Å². The van der Waals surface area contributed by atoms with E-state index in [-0.39, 0.29) is 11.5 Å². The Hall–Kier alpha value is -3.39. The van der Waals surface area contributed by atoms with Gasteiger partial charge in [0, 0.05) is 24.2 Å². The lowest BCUT2D eigenvalue weighted by Crippen LogP contribution is -2.23. The van der Waals surface area contributed by atoms with Gasteiger partial charge >= 0.3 is 0 Å². The Kier molecular flexibility index (Phi) is 4.50. The molecule has 2 aliphatic rings. The molecule has 0 saturated carbocycles. The summed E-state index contributed by atoms with van der Waals surface area (Å²) >= 11 is 0. The highest BCUT2D eigenvalue weighted by Gasteiger charge is 2.31.